The molecule has 4 aromatic rings. The summed E-state index contributed by atoms with van der Waals surface area (Å²) in [4.78, 5) is 33.8. The number of Topliss-reactive ketones (excluding diaryl/α,β-unsaturated/α-hetero) is 1. The fraction of sp³-hybridized carbons (Fsp3) is 0.267. The maximum Gasteiger partial charge on any atom is 0.274 e. The van der Waals surface area contributed by atoms with Crippen molar-refractivity contribution >= 4 is 17.4 Å². The van der Waals surface area contributed by atoms with E-state index in [9.17, 15) is 27.2 Å². The van der Waals surface area contributed by atoms with Crippen LogP contribution in [0.2, 0.25) is 0 Å². The second-order valence-electron chi connectivity index (χ2n) is 10.3. The van der Waals surface area contributed by atoms with Gasteiger partial charge in [-0.3, -0.25) is 14.6 Å². The average molecular weight is 564 g/mol. The van der Waals surface area contributed by atoms with Crippen molar-refractivity contribution in [2.45, 2.75) is 31.7 Å². The molecule has 0 unspecified atom stereocenters. The minimum atomic E-state index is -1.58. The molecule has 7 nitrogen and oxygen atoms in total. The van der Waals surface area contributed by atoms with Crippen molar-refractivity contribution in [3.8, 4) is 16.9 Å². The number of hydrogen-bond donors (Lipinski definition) is 0. The minimum absolute atomic E-state index is 0.126. The highest BCUT2D eigenvalue weighted by Crippen LogP contribution is 2.41. The summed E-state index contributed by atoms with van der Waals surface area (Å²) in [5.41, 5.74) is 1.06. The van der Waals surface area contributed by atoms with Crippen LogP contribution < -0.4 is 4.90 Å². The van der Waals surface area contributed by atoms with Crippen LogP contribution in [0.1, 0.15) is 35.3 Å². The molecule has 210 valence electrons. The molecule has 41 heavy (non-hydrogen) atoms. The number of amides is 1. The van der Waals surface area contributed by atoms with Crippen LogP contribution in [0.25, 0.3) is 16.9 Å². The van der Waals surface area contributed by atoms with Gasteiger partial charge in [0, 0.05) is 44.0 Å². The molecule has 2 fully saturated rings. The van der Waals surface area contributed by atoms with Crippen LogP contribution in [0.15, 0.2) is 60.9 Å². The van der Waals surface area contributed by atoms with Gasteiger partial charge in [-0.15, -0.1) is 0 Å². The molecule has 1 amide bonds. The number of aryl methyl sites for hydroxylation is 1. The van der Waals surface area contributed by atoms with Crippen LogP contribution in [0.3, 0.4) is 0 Å². The normalized spacial score (nSPS) is 16.6. The van der Waals surface area contributed by atoms with Crippen LogP contribution in [0, 0.1) is 30.2 Å². The Bertz CT molecular complexity index is 1670. The van der Waals surface area contributed by atoms with Gasteiger partial charge in [0.2, 0.25) is 0 Å². The van der Waals surface area contributed by atoms with E-state index in [2.05, 4.69) is 10.1 Å². The number of halogens is 4. The largest absolute Gasteiger partial charge is 0.356 e. The van der Waals surface area contributed by atoms with E-state index in [0.29, 0.717) is 16.9 Å². The molecular formula is C30H25F4N5O2. The summed E-state index contributed by atoms with van der Waals surface area (Å²) in [5, 5.41) is 4.53. The summed E-state index contributed by atoms with van der Waals surface area (Å²) in [6.45, 7) is 2.16. The van der Waals surface area contributed by atoms with Gasteiger partial charge in [-0.1, -0.05) is 6.07 Å². The molecule has 11 heteroatoms. The van der Waals surface area contributed by atoms with Gasteiger partial charge in [0.05, 0.1) is 17.1 Å². The highest BCUT2D eigenvalue weighted by atomic mass is 19.2. The van der Waals surface area contributed by atoms with E-state index in [0.717, 1.165) is 17.7 Å². The molecule has 0 atom stereocenters. The average Bonchev–Trinajstić information content (AvgIpc) is 3.56. The van der Waals surface area contributed by atoms with Gasteiger partial charge in [0.25, 0.3) is 5.91 Å². The standard InChI is InChI=1S/C30H25F4N5O2/c1-18-2-3-20(16-22(18)32)39-25(19-6-11-35-12-7-19)17-23(36-39)29(41)37-14-9-30(10-15-37)26(40)8-13-38(30)24-5-4-21(31)27(33)28(24)34/h2-7,11-12,16-17H,8-10,13-15H2,1H3. The molecule has 2 saturated heterocycles. The summed E-state index contributed by atoms with van der Waals surface area (Å²) in [6.07, 6.45) is 3.73. The number of anilines is 1. The molecule has 0 aliphatic carbocycles. The van der Waals surface area contributed by atoms with E-state index in [4.69, 9.17) is 0 Å². The van der Waals surface area contributed by atoms with Crippen molar-refractivity contribution in [3.05, 3.63) is 95.5 Å². The highest BCUT2D eigenvalue weighted by Gasteiger charge is 2.51. The second kappa shape index (κ2) is 10.1. The van der Waals surface area contributed by atoms with E-state index in [-0.39, 0.29) is 62.0 Å². The van der Waals surface area contributed by atoms with Crippen molar-refractivity contribution in [2.24, 2.45) is 0 Å². The van der Waals surface area contributed by atoms with Crippen LogP contribution in [0.5, 0.6) is 0 Å². The summed E-state index contributed by atoms with van der Waals surface area (Å²) in [6, 6.07) is 11.8. The molecular weight excluding hydrogens is 538 g/mol. The van der Waals surface area contributed by atoms with Gasteiger partial charge >= 0.3 is 0 Å². The Hall–Kier alpha value is -4.54. The predicted octanol–water partition coefficient (Wildman–Crippen LogP) is 5.25. The lowest BCUT2D eigenvalue weighted by Crippen LogP contribution is -2.57. The molecule has 0 bridgehead atoms. The van der Waals surface area contributed by atoms with Gasteiger partial charge in [-0.2, -0.15) is 5.10 Å². The first-order valence-corrected chi connectivity index (χ1v) is 13.2. The topological polar surface area (TPSA) is 71.3 Å². The quantitative estimate of drug-likeness (QED) is 0.251. The van der Waals surface area contributed by atoms with E-state index < -0.39 is 28.8 Å². The fourth-order valence-electron chi connectivity index (χ4n) is 5.80. The van der Waals surface area contributed by atoms with Crippen molar-refractivity contribution in [1.29, 1.82) is 0 Å². The predicted molar refractivity (Wildman–Crippen MR) is 143 cm³/mol. The number of nitrogens with zero attached hydrogens (tertiary/aromatic N) is 5. The van der Waals surface area contributed by atoms with Crippen LogP contribution in [-0.4, -0.2) is 56.5 Å². The van der Waals surface area contributed by atoms with Crippen molar-refractivity contribution in [1.82, 2.24) is 19.7 Å². The van der Waals surface area contributed by atoms with E-state index in [1.54, 1.807) is 54.5 Å². The monoisotopic (exact) mass is 563 g/mol. The molecule has 0 saturated carbocycles. The number of likely N-dealkylation sites (tertiary alicyclic amines) is 1. The fourth-order valence-corrected chi connectivity index (χ4v) is 5.80. The van der Waals surface area contributed by atoms with Crippen molar-refractivity contribution in [3.63, 3.8) is 0 Å². The van der Waals surface area contributed by atoms with Gasteiger partial charge < -0.3 is 9.80 Å². The van der Waals surface area contributed by atoms with Gasteiger partial charge in [-0.05, 0) is 67.8 Å². The number of carbonyl (C=O) groups excluding carboxylic acids is 2. The number of benzene rings is 2. The van der Waals surface area contributed by atoms with Crippen LogP contribution >= 0.6 is 0 Å². The highest BCUT2D eigenvalue weighted by molar-refractivity contribution is 5.97. The molecule has 2 aromatic carbocycles. The zero-order valence-electron chi connectivity index (χ0n) is 22.1. The number of aromatic nitrogens is 3. The maximum atomic E-state index is 14.7. The molecule has 0 radical (unpaired) electrons. The molecule has 2 aliphatic rings. The van der Waals surface area contributed by atoms with Gasteiger partial charge in [-0.25, -0.2) is 22.2 Å². The van der Waals surface area contributed by atoms with Crippen molar-refractivity contribution in [2.75, 3.05) is 24.5 Å². The van der Waals surface area contributed by atoms with E-state index in [1.165, 1.54) is 15.6 Å². The number of pyridine rings is 1. The molecule has 2 aromatic heterocycles. The first-order valence-electron chi connectivity index (χ1n) is 13.2. The molecule has 2 aliphatic heterocycles. The van der Waals surface area contributed by atoms with Crippen LogP contribution in [-0.2, 0) is 4.79 Å². The van der Waals surface area contributed by atoms with E-state index in [1.807, 2.05) is 0 Å². The third kappa shape index (κ3) is 4.45. The smallest absolute Gasteiger partial charge is 0.274 e. The van der Waals surface area contributed by atoms with Gasteiger partial charge in [0.1, 0.15) is 11.4 Å². The summed E-state index contributed by atoms with van der Waals surface area (Å²) >= 11 is 0. The SMILES string of the molecule is Cc1ccc(-n2nc(C(=O)N3CCC4(CC3)C(=O)CCN4c3ccc(F)c(F)c3F)cc2-c2ccncc2)cc1F. The molecule has 0 N–H and O–H groups in total. The van der Waals surface area contributed by atoms with E-state index >= 15 is 0 Å². The number of piperidine rings is 1. The lowest BCUT2D eigenvalue weighted by Gasteiger charge is -2.44. The Labute approximate surface area is 233 Å². The Balaban J connectivity index is 1.29. The molecule has 1 spiro atoms. The first-order chi connectivity index (χ1) is 19.7. The zero-order valence-corrected chi connectivity index (χ0v) is 22.1. The summed E-state index contributed by atoms with van der Waals surface area (Å²) in [5.74, 6) is -5.13. The Morgan fingerprint density at radius 2 is 1.61 bits per heavy atom. The third-order valence-corrected chi connectivity index (χ3v) is 8.09. The first kappa shape index (κ1) is 26.7. The molecule has 6 rings (SSSR count). The Morgan fingerprint density at radius 3 is 2.32 bits per heavy atom. The number of rotatable bonds is 4. The maximum absolute atomic E-state index is 14.7. The minimum Gasteiger partial charge on any atom is -0.356 e. The summed E-state index contributed by atoms with van der Waals surface area (Å²) < 4.78 is 58.2. The zero-order chi connectivity index (χ0) is 28.9. The second-order valence-corrected chi connectivity index (χ2v) is 10.3. The molecule has 4 heterocycles. The third-order valence-electron chi connectivity index (χ3n) is 8.09. The lowest BCUT2D eigenvalue weighted by molar-refractivity contribution is -0.123. The lowest BCUT2D eigenvalue weighted by atomic mass is 9.83. The number of hydrogen-bond acceptors (Lipinski definition) is 5. The summed E-state index contributed by atoms with van der Waals surface area (Å²) in [7, 11) is 0. The number of carbonyl (C=O) groups is 2. The Morgan fingerprint density at radius 1 is 0.878 bits per heavy atom. The van der Waals surface area contributed by atoms with Crippen molar-refractivity contribution < 1.29 is 27.2 Å². The van der Waals surface area contributed by atoms with Crippen LogP contribution in [0.4, 0.5) is 23.2 Å². The Kier molecular flexibility index (Phi) is 6.59. The van der Waals surface area contributed by atoms with Gasteiger partial charge in [0.15, 0.2) is 28.9 Å². The number of ketones is 1.